The molecule has 1 N–H and O–H groups in total. The van der Waals surface area contributed by atoms with Crippen LogP contribution in [0.5, 0.6) is 0 Å². The lowest BCUT2D eigenvalue weighted by Gasteiger charge is -2.05. The number of hydrogen-bond acceptors (Lipinski definition) is 5. The first-order valence-electron chi connectivity index (χ1n) is 5.98. The summed E-state index contributed by atoms with van der Waals surface area (Å²) >= 11 is 5.97. The van der Waals surface area contributed by atoms with Gasteiger partial charge in [0.15, 0.2) is 10.2 Å². The highest BCUT2D eigenvalue weighted by molar-refractivity contribution is 7.92. The van der Waals surface area contributed by atoms with E-state index in [0.717, 1.165) is 0 Å². The molecule has 0 aliphatic heterocycles. The van der Waals surface area contributed by atoms with Crippen molar-refractivity contribution in [2.75, 3.05) is 4.72 Å². The van der Waals surface area contributed by atoms with Crippen LogP contribution in [0.2, 0.25) is 5.15 Å². The predicted molar refractivity (Wildman–Crippen MR) is 77.0 cm³/mol. The van der Waals surface area contributed by atoms with Crippen LogP contribution in [0.15, 0.2) is 33.9 Å². The van der Waals surface area contributed by atoms with Crippen LogP contribution in [0.4, 0.5) is 5.88 Å². The first-order valence-corrected chi connectivity index (χ1v) is 7.84. The number of sulfonamides is 1. The number of hydrogen-bond donors (Lipinski definition) is 1. The van der Waals surface area contributed by atoms with Gasteiger partial charge in [-0.1, -0.05) is 22.8 Å². The van der Waals surface area contributed by atoms with Crippen molar-refractivity contribution in [3.8, 4) is 0 Å². The van der Waals surface area contributed by atoms with Gasteiger partial charge in [0.2, 0.25) is 5.88 Å². The molecule has 110 valence electrons. The second-order valence-corrected chi connectivity index (χ2v) is 6.42. The van der Waals surface area contributed by atoms with E-state index in [1.54, 1.807) is 38.2 Å². The van der Waals surface area contributed by atoms with Crippen LogP contribution >= 0.6 is 11.6 Å². The number of halogens is 1. The van der Waals surface area contributed by atoms with Gasteiger partial charge in [-0.05, 0) is 26.0 Å². The van der Waals surface area contributed by atoms with Crippen LogP contribution in [0.25, 0.3) is 5.65 Å². The minimum absolute atomic E-state index is 0.0643. The number of aryl methyl sites for hydroxylation is 1. The molecule has 0 amide bonds. The summed E-state index contributed by atoms with van der Waals surface area (Å²) in [5.41, 5.74) is 1.66. The summed E-state index contributed by atoms with van der Waals surface area (Å²) in [5, 5.41) is 3.46. The Kier molecular flexibility index (Phi) is 3.14. The molecule has 0 radical (unpaired) electrons. The minimum Gasteiger partial charge on any atom is -0.337 e. The van der Waals surface area contributed by atoms with Crippen LogP contribution in [-0.4, -0.2) is 23.0 Å². The standard InChI is InChI=1S/C12H11ClN4O3S/c1-7-8(2)15-20-11(7)16-21(18,19)12-10(13)14-9-5-3-4-6-17(9)12/h3-6,16H,1-2H3. The normalized spacial score (nSPS) is 12.0. The Bertz CT molecular complexity index is 929. The van der Waals surface area contributed by atoms with Crippen LogP contribution < -0.4 is 4.72 Å². The maximum Gasteiger partial charge on any atom is 0.283 e. The Morgan fingerprint density at radius 2 is 2.10 bits per heavy atom. The molecule has 0 saturated carbocycles. The molecule has 3 heterocycles. The molecular formula is C12H11ClN4O3S. The predicted octanol–water partition coefficient (Wildman–Crippen LogP) is 2.39. The number of nitrogens with zero attached hydrogens (tertiary/aromatic N) is 3. The van der Waals surface area contributed by atoms with Gasteiger partial charge >= 0.3 is 0 Å². The minimum atomic E-state index is -3.95. The van der Waals surface area contributed by atoms with Crippen molar-refractivity contribution >= 4 is 33.2 Å². The fraction of sp³-hybridized carbons (Fsp3) is 0.167. The van der Waals surface area contributed by atoms with E-state index >= 15 is 0 Å². The molecule has 0 aromatic carbocycles. The zero-order valence-electron chi connectivity index (χ0n) is 11.2. The third kappa shape index (κ3) is 2.26. The van der Waals surface area contributed by atoms with E-state index in [2.05, 4.69) is 14.9 Å². The number of pyridine rings is 1. The summed E-state index contributed by atoms with van der Waals surface area (Å²) in [4.78, 5) is 4.01. The van der Waals surface area contributed by atoms with Crippen molar-refractivity contribution in [1.82, 2.24) is 14.5 Å². The van der Waals surface area contributed by atoms with Gasteiger partial charge in [-0.25, -0.2) is 9.71 Å². The number of rotatable bonds is 3. The molecule has 3 aromatic heterocycles. The van der Waals surface area contributed by atoms with E-state index in [0.29, 0.717) is 16.9 Å². The van der Waals surface area contributed by atoms with Crippen molar-refractivity contribution in [1.29, 1.82) is 0 Å². The molecule has 0 spiro atoms. The van der Waals surface area contributed by atoms with Crippen LogP contribution in [0, 0.1) is 13.8 Å². The molecule has 0 saturated heterocycles. The largest absolute Gasteiger partial charge is 0.337 e. The van der Waals surface area contributed by atoms with Gasteiger partial charge < -0.3 is 4.52 Å². The lowest BCUT2D eigenvalue weighted by molar-refractivity contribution is 0.430. The second kappa shape index (κ2) is 4.74. The Morgan fingerprint density at radius 1 is 1.33 bits per heavy atom. The summed E-state index contributed by atoms with van der Waals surface area (Å²) in [6, 6.07) is 5.09. The molecule has 21 heavy (non-hydrogen) atoms. The number of imidazole rings is 1. The molecule has 3 aromatic rings. The highest BCUT2D eigenvalue weighted by atomic mass is 35.5. The van der Waals surface area contributed by atoms with Gasteiger partial charge in [0.25, 0.3) is 10.0 Å². The van der Waals surface area contributed by atoms with Gasteiger partial charge in [-0.3, -0.25) is 4.40 Å². The molecular weight excluding hydrogens is 316 g/mol. The van der Waals surface area contributed by atoms with Crippen molar-refractivity contribution in [3.63, 3.8) is 0 Å². The molecule has 0 aliphatic carbocycles. The topological polar surface area (TPSA) is 89.5 Å². The van der Waals surface area contributed by atoms with Gasteiger partial charge in [0.05, 0.1) is 5.69 Å². The van der Waals surface area contributed by atoms with Gasteiger partial charge in [0, 0.05) is 11.8 Å². The highest BCUT2D eigenvalue weighted by Crippen LogP contribution is 2.26. The summed E-state index contributed by atoms with van der Waals surface area (Å²) in [6.45, 7) is 3.43. The lowest BCUT2D eigenvalue weighted by atomic mass is 10.3. The zero-order chi connectivity index (χ0) is 15.2. The van der Waals surface area contributed by atoms with Crippen molar-refractivity contribution in [3.05, 3.63) is 40.8 Å². The summed E-state index contributed by atoms with van der Waals surface area (Å²) in [6.07, 6.45) is 1.57. The second-order valence-electron chi connectivity index (χ2n) is 4.46. The summed E-state index contributed by atoms with van der Waals surface area (Å²) in [5.74, 6) is 0.0643. The lowest BCUT2D eigenvalue weighted by Crippen LogP contribution is -2.15. The van der Waals surface area contributed by atoms with E-state index in [4.69, 9.17) is 16.1 Å². The average Bonchev–Trinajstić information content (AvgIpc) is 2.92. The molecule has 0 aliphatic rings. The van der Waals surface area contributed by atoms with E-state index in [9.17, 15) is 8.42 Å². The summed E-state index contributed by atoms with van der Waals surface area (Å²) in [7, 11) is -3.95. The molecule has 3 rings (SSSR count). The maximum atomic E-state index is 12.5. The average molecular weight is 327 g/mol. The molecule has 9 heteroatoms. The van der Waals surface area contributed by atoms with E-state index in [-0.39, 0.29) is 16.1 Å². The van der Waals surface area contributed by atoms with E-state index in [1.165, 1.54) is 4.40 Å². The van der Waals surface area contributed by atoms with E-state index < -0.39 is 10.0 Å². The number of fused-ring (bicyclic) bond motifs is 1. The smallest absolute Gasteiger partial charge is 0.283 e. The summed E-state index contributed by atoms with van der Waals surface area (Å²) < 4.78 is 33.7. The monoisotopic (exact) mass is 326 g/mol. The quantitative estimate of drug-likeness (QED) is 0.798. The third-order valence-electron chi connectivity index (χ3n) is 3.09. The Hall–Kier alpha value is -2.06. The molecule has 0 unspecified atom stereocenters. The third-order valence-corrected chi connectivity index (χ3v) is 4.81. The van der Waals surface area contributed by atoms with E-state index in [1.807, 2.05) is 0 Å². The maximum absolute atomic E-state index is 12.5. The molecule has 0 atom stereocenters. The SMILES string of the molecule is Cc1noc(NS(=O)(=O)c2c(Cl)nc3ccccn23)c1C. The molecule has 0 fully saturated rings. The van der Waals surface area contributed by atoms with Gasteiger partial charge in [-0.2, -0.15) is 8.42 Å². The van der Waals surface area contributed by atoms with Crippen molar-refractivity contribution < 1.29 is 12.9 Å². The first-order chi connectivity index (χ1) is 9.90. The number of nitrogens with one attached hydrogen (secondary N) is 1. The number of aromatic nitrogens is 3. The molecule has 0 bridgehead atoms. The Labute approximate surface area is 125 Å². The Balaban J connectivity index is 2.13. The first kappa shape index (κ1) is 13.9. The molecule has 7 nitrogen and oxygen atoms in total. The highest BCUT2D eigenvalue weighted by Gasteiger charge is 2.26. The van der Waals surface area contributed by atoms with Gasteiger partial charge in [0.1, 0.15) is 5.65 Å². The van der Waals surface area contributed by atoms with Crippen molar-refractivity contribution in [2.24, 2.45) is 0 Å². The van der Waals surface area contributed by atoms with Crippen LogP contribution in [-0.2, 0) is 10.0 Å². The van der Waals surface area contributed by atoms with Crippen molar-refractivity contribution in [2.45, 2.75) is 18.9 Å². The number of anilines is 1. The fourth-order valence-electron chi connectivity index (χ4n) is 1.87. The zero-order valence-corrected chi connectivity index (χ0v) is 12.7. The Morgan fingerprint density at radius 3 is 2.76 bits per heavy atom. The fourth-order valence-corrected chi connectivity index (χ4v) is 3.56. The van der Waals surface area contributed by atoms with Gasteiger partial charge in [-0.15, -0.1) is 0 Å². The van der Waals surface area contributed by atoms with Crippen LogP contribution in [0.3, 0.4) is 0 Å². The van der Waals surface area contributed by atoms with Crippen LogP contribution in [0.1, 0.15) is 11.3 Å².